The third-order valence-electron chi connectivity index (χ3n) is 5.14. The summed E-state index contributed by atoms with van der Waals surface area (Å²) in [5.74, 6) is 0.866. The Morgan fingerprint density at radius 1 is 1.21 bits per heavy atom. The number of carbonyl (C=O) groups is 1. The van der Waals surface area contributed by atoms with Crippen LogP contribution in [0.2, 0.25) is 0 Å². The van der Waals surface area contributed by atoms with Crippen LogP contribution >= 0.6 is 61.1 Å². The zero-order chi connectivity index (χ0) is 25.0. The quantitative estimate of drug-likeness (QED) is 0.158. The number of hydrogen-bond acceptors (Lipinski definition) is 6. The van der Waals surface area contributed by atoms with Gasteiger partial charge in [0.05, 0.1) is 30.9 Å². The summed E-state index contributed by atoms with van der Waals surface area (Å²) in [6.45, 7) is 7.80. The van der Waals surface area contributed by atoms with Crippen molar-refractivity contribution in [2.75, 3.05) is 6.61 Å². The predicted molar refractivity (Wildman–Crippen MR) is 154 cm³/mol. The first kappa shape index (κ1) is 27.1. The Kier molecular flexibility index (Phi) is 9.49. The number of ether oxygens (including phenoxy) is 2. The molecule has 2 aromatic carbocycles. The maximum Gasteiger partial charge on any atom is 0.347 e. The second kappa shape index (κ2) is 11.9. The number of aromatic nitrogens is 2. The van der Waals surface area contributed by atoms with E-state index in [2.05, 4.69) is 73.1 Å². The van der Waals surface area contributed by atoms with Crippen molar-refractivity contribution in [3.63, 3.8) is 0 Å². The van der Waals surface area contributed by atoms with E-state index in [1.165, 1.54) is 4.68 Å². The van der Waals surface area contributed by atoms with Gasteiger partial charge in [-0.15, -0.1) is 0 Å². The molecule has 3 rings (SSSR count). The van der Waals surface area contributed by atoms with Crippen molar-refractivity contribution in [2.45, 2.75) is 46.1 Å². The standard InChI is InChI=1S/C24H24BrI2N3O4/c1-5-13(3)22-29-20-8-7-16(25)11-17(20)23(31)30(22)28-12-15-9-18(26)21(19(27)10-15)34-14(4)24(32)33-6-2/h7-14H,5-6H2,1-4H3/t13-,14-/m1/s1. The lowest BCUT2D eigenvalue weighted by Crippen LogP contribution is -2.26. The number of carbonyl (C=O) groups excluding carboxylic acids is 1. The van der Waals surface area contributed by atoms with Gasteiger partial charge in [-0.2, -0.15) is 9.78 Å². The third kappa shape index (κ3) is 6.17. The van der Waals surface area contributed by atoms with E-state index >= 15 is 0 Å². The minimum Gasteiger partial charge on any atom is -0.477 e. The summed E-state index contributed by atoms with van der Waals surface area (Å²) in [5, 5.41) is 5.03. The fraction of sp³-hybridized carbons (Fsp3) is 0.333. The van der Waals surface area contributed by atoms with Gasteiger partial charge in [0, 0.05) is 10.4 Å². The molecule has 3 aromatic rings. The van der Waals surface area contributed by atoms with Crippen molar-refractivity contribution in [2.24, 2.45) is 5.10 Å². The van der Waals surface area contributed by atoms with Crippen LogP contribution in [0.15, 0.2) is 44.7 Å². The number of fused-ring (bicyclic) bond motifs is 1. The first-order chi connectivity index (χ1) is 16.2. The summed E-state index contributed by atoms with van der Waals surface area (Å²) in [4.78, 5) is 30.0. The number of benzene rings is 2. The van der Waals surface area contributed by atoms with E-state index in [4.69, 9.17) is 14.5 Å². The molecule has 1 aromatic heterocycles. The molecule has 0 N–H and O–H groups in total. The molecule has 0 bridgehead atoms. The van der Waals surface area contributed by atoms with Gasteiger partial charge < -0.3 is 9.47 Å². The van der Waals surface area contributed by atoms with Crippen molar-refractivity contribution in [1.82, 2.24) is 9.66 Å². The van der Waals surface area contributed by atoms with E-state index in [1.54, 1.807) is 26.1 Å². The SMILES string of the molecule is CCOC(=O)[C@@H](C)Oc1c(I)cc(C=Nn2c([C@H](C)CC)nc3ccc(Br)cc3c2=O)cc1I. The molecular weight excluding hydrogens is 728 g/mol. The van der Waals surface area contributed by atoms with E-state index in [0.717, 1.165) is 23.6 Å². The lowest BCUT2D eigenvalue weighted by molar-refractivity contribution is -0.150. The van der Waals surface area contributed by atoms with Gasteiger partial charge >= 0.3 is 5.97 Å². The zero-order valence-electron chi connectivity index (χ0n) is 19.1. The Hall–Kier alpha value is -1.54. The lowest BCUT2D eigenvalue weighted by atomic mass is 10.1. The van der Waals surface area contributed by atoms with E-state index < -0.39 is 12.1 Å². The highest BCUT2D eigenvalue weighted by molar-refractivity contribution is 14.1. The van der Waals surface area contributed by atoms with Crippen molar-refractivity contribution in [3.8, 4) is 5.75 Å². The van der Waals surface area contributed by atoms with Gasteiger partial charge in [-0.05, 0) is 101 Å². The topological polar surface area (TPSA) is 82.8 Å². The zero-order valence-corrected chi connectivity index (χ0v) is 25.0. The van der Waals surface area contributed by atoms with E-state index in [1.807, 2.05) is 31.2 Å². The van der Waals surface area contributed by atoms with E-state index in [0.29, 0.717) is 29.1 Å². The number of esters is 1. The average Bonchev–Trinajstić information content (AvgIpc) is 2.80. The summed E-state index contributed by atoms with van der Waals surface area (Å²) >= 11 is 7.75. The molecule has 0 saturated carbocycles. The molecule has 2 atom stereocenters. The van der Waals surface area contributed by atoms with Gasteiger partial charge in [-0.1, -0.05) is 29.8 Å². The molecule has 7 nitrogen and oxygen atoms in total. The highest BCUT2D eigenvalue weighted by Crippen LogP contribution is 2.30. The molecule has 0 spiro atoms. The normalized spacial score (nSPS) is 13.3. The number of halogens is 3. The average molecular weight is 752 g/mol. The minimum atomic E-state index is -0.721. The Bertz CT molecular complexity index is 1290. The van der Waals surface area contributed by atoms with Crippen molar-refractivity contribution in [1.29, 1.82) is 0 Å². The lowest BCUT2D eigenvalue weighted by Gasteiger charge is -2.16. The maximum atomic E-state index is 13.3. The fourth-order valence-corrected chi connectivity index (χ4v) is 5.59. The molecule has 0 saturated heterocycles. The molecule has 0 radical (unpaired) electrons. The molecule has 0 amide bonds. The second-order valence-corrected chi connectivity index (χ2v) is 10.9. The Morgan fingerprint density at radius 3 is 2.50 bits per heavy atom. The first-order valence-corrected chi connectivity index (χ1v) is 13.7. The third-order valence-corrected chi connectivity index (χ3v) is 7.24. The molecule has 0 aliphatic heterocycles. The van der Waals surface area contributed by atoms with Crippen molar-refractivity contribution in [3.05, 3.63) is 63.7 Å². The minimum absolute atomic E-state index is 0.0540. The Labute approximate surface area is 233 Å². The molecule has 0 aliphatic rings. The van der Waals surface area contributed by atoms with Crippen LogP contribution in [0.5, 0.6) is 5.75 Å². The molecule has 0 aliphatic carbocycles. The van der Waals surface area contributed by atoms with Crippen LogP contribution in [-0.2, 0) is 9.53 Å². The summed E-state index contributed by atoms with van der Waals surface area (Å²) in [6, 6.07) is 9.25. The first-order valence-electron chi connectivity index (χ1n) is 10.7. The molecular formula is C24H24BrI2N3O4. The van der Waals surface area contributed by atoms with Crippen LogP contribution < -0.4 is 10.3 Å². The molecule has 1 heterocycles. The van der Waals surface area contributed by atoms with Gasteiger partial charge in [-0.25, -0.2) is 9.78 Å². The van der Waals surface area contributed by atoms with Gasteiger partial charge in [-0.3, -0.25) is 4.79 Å². The molecule has 0 fully saturated rings. The maximum absolute atomic E-state index is 13.3. The fourth-order valence-electron chi connectivity index (χ4n) is 3.15. The van der Waals surface area contributed by atoms with Gasteiger partial charge in [0.15, 0.2) is 6.10 Å². The second-order valence-electron chi connectivity index (χ2n) is 7.63. The molecule has 10 heteroatoms. The van der Waals surface area contributed by atoms with Crippen LogP contribution in [0.3, 0.4) is 0 Å². The van der Waals surface area contributed by atoms with E-state index in [9.17, 15) is 9.59 Å². The van der Waals surface area contributed by atoms with Crippen LogP contribution in [0.1, 0.15) is 51.4 Å². The predicted octanol–water partition coefficient (Wildman–Crippen LogP) is 6.09. The highest BCUT2D eigenvalue weighted by atomic mass is 127. The Balaban J connectivity index is 2.00. The van der Waals surface area contributed by atoms with E-state index in [-0.39, 0.29) is 11.5 Å². The number of nitrogens with zero attached hydrogens (tertiary/aromatic N) is 3. The summed E-state index contributed by atoms with van der Waals surface area (Å²) in [6.07, 6.45) is 1.74. The van der Waals surface area contributed by atoms with Crippen LogP contribution in [0.25, 0.3) is 10.9 Å². The molecule has 0 unspecified atom stereocenters. The summed E-state index contributed by atoms with van der Waals surface area (Å²) in [5.41, 5.74) is 1.23. The molecule has 34 heavy (non-hydrogen) atoms. The van der Waals surface area contributed by atoms with Crippen LogP contribution in [0, 0.1) is 7.14 Å². The van der Waals surface area contributed by atoms with Gasteiger partial charge in [0.2, 0.25) is 0 Å². The largest absolute Gasteiger partial charge is 0.477 e. The summed E-state index contributed by atoms with van der Waals surface area (Å²) in [7, 11) is 0. The monoisotopic (exact) mass is 751 g/mol. The van der Waals surface area contributed by atoms with Crippen LogP contribution in [-0.4, -0.2) is 34.6 Å². The van der Waals surface area contributed by atoms with Crippen LogP contribution in [0.4, 0.5) is 0 Å². The highest BCUT2D eigenvalue weighted by Gasteiger charge is 2.20. The smallest absolute Gasteiger partial charge is 0.347 e. The Morgan fingerprint density at radius 2 is 1.88 bits per heavy atom. The number of rotatable bonds is 8. The van der Waals surface area contributed by atoms with Gasteiger partial charge in [0.25, 0.3) is 5.56 Å². The number of hydrogen-bond donors (Lipinski definition) is 0. The molecule has 180 valence electrons. The summed E-state index contributed by atoms with van der Waals surface area (Å²) < 4.78 is 14.7. The van der Waals surface area contributed by atoms with Crippen molar-refractivity contribution < 1.29 is 14.3 Å². The van der Waals surface area contributed by atoms with Gasteiger partial charge in [0.1, 0.15) is 11.6 Å². The van der Waals surface area contributed by atoms with Crippen molar-refractivity contribution >= 4 is 84.2 Å².